The predicted octanol–water partition coefficient (Wildman–Crippen LogP) is 2.72. The molecule has 1 fully saturated rings. The first-order valence-electron chi connectivity index (χ1n) is 6.92. The highest BCUT2D eigenvalue weighted by atomic mass is 16.6. The van der Waals surface area contributed by atoms with Crippen LogP contribution in [0.1, 0.15) is 19.8 Å². The number of non-ortho nitro benzene ring substituents is 1. The Balaban J connectivity index is 2.03. The Kier molecular flexibility index (Phi) is 3.08. The topological polar surface area (TPSA) is 64.2 Å². The molecule has 0 N–H and O–H groups in total. The maximum atomic E-state index is 10.8. The summed E-state index contributed by atoms with van der Waals surface area (Å²) < 4.78 is 2.02. The lowest BCUT2D eigenvalue weighted by Crippen LogP contribution is -2.35. The molecule has 0 aliphatic carbocycles. The zero-order valence-corrected chi connectivity index (χ0v) is 11.7. The third-order valence-electron chi connectivity index (χ3n) is 3.99. The van der Waals surface area contributed by atoms with Gasteiger partial charge < -0.3 is 9.47 Å². The number of rotatable bonds is 2. The highest BCUT2D eigenvalue weighted by Gasteiger charge is 2.21. The molecule has 1 aliphatic heterocycles. The molecule has 2 aromatic rings. The van der Waals surface area contributed by atoms with Crippen molar-refractivity contribution in [2.45, 2.75) is 19.8 Å². The summed E-state index contributed by atoms with van der Waals surface area (Å²) >= 11 is 0. The van der Waals surface area contributed by atoms with Crippen LogP contribution in [-0.4, -0.2) is 27.6 Å². The Labute approximate surface area is 117 Å². The Bertz CT molecular complexity index is 664. The van der Waals surface area contributed by atoms with Gasteiger partial charge in [0, 0.05) is 32.3 Å². The van der Waals surface area contributed by atoms with Crippen LogP contribution in [0, 0.1) is 16.0 Å². The van der Waals surface area contributed by atoms with Gasteiger partial charge in [-0.25, -0.2) is 4.98 Å². The van der Waals surface area contributed by atoms with Crippen molar-refractivity contribution in [1.29, 1.82) is 0 Å². The molecule has 0 radical (unpaired) electrons. The number of nitro benzene ring substituents is 1. The molecule has 1 aliphatic rings. The van der Waals surface area contributed by atoms with Crippen LogP contribution in [0.15, 0.2) is 18.2 Å². The van der Waals surface area contributed by atoms with Crippen LogP contribution < -0.4 is 4.90 Å². The molecule has 20 heavy (non-hydrogen) atoms. The summed E-state index contributed by atoms with van der Waals surface area (Å²) in [4.78, 5) is 17.3. The molecule has 0 unspecified atom stereocenters. The van der Waals surface area contributed by atoms with Gasteiger partial charge in [0.15, 0.2) is 0 Å². The lowest BCUT2D eigenvalue weighted by atomic mass is 10.0. The van der Waals surface area contributed by atoms with E-state index in [9.17, 15) is 10.1 Å². The van der Waals surface area contributed by atoms with Crippen molar-refractivity contribution in [2.24, 2.45) is 13.0 Å². The fourth-order valence-corrected chi connectivity index (χ4v) is 2.94. The number of nitro groups is 1. The van der Waals surface area contributed by atoms with E-state index in [4.69, 9.17) is 0 Å². The van der Waals surface area contributed by atoms with Crippen molar-refractivity contribution in [1.82, 2.24) is 9.55 Å². The van der Waals surface area contributed by atoms with Crippen LogP contribution in [0.2, 0.25) is 0 Å². The molecular weight excluding hydrogens is 256 g/mol. The zero-order valence-electron chi connectivity index (χ0n) is 11.7. The van der Waals surface area contributed by atoms with E-state index in [2.05, 4.69) is 16.8 Å². The van der Waals surface area contributed by atoms with Gasteiger partial charge in [-0.2, -0.15) is 0 Å². The Morgan fingerprint density at radius 2 is 2.25 bits per heavy atom. The molecule has 0 spiro atoms. The number of aromatic nitrogens is 2. The largest absolute Gasteiger partial charge is 0.342 e. The number of nitrogens with zero attached hydrogens (tertiary/aromatic N) is 4. The van der Waals surface area contributed by atoms with E-state index < -0.39 is 0 Å². The van der Waals surface area contributed by atoms with Crippen molar-refractivity contribution in [3.63, 3.8) is 0 Å². The van der Waals surface area contributed by atoms with E-state index in [0.717, 1.165) is 24.6 Å². The minimum Gasteiger partial charge on any atom is -0.342 e. The van der Waals surface area contributed by atoms with Gasteiger partial charge in [-0.15, -0.1) is 0 Å². The number of piperidine rings is 1. The molecule has 2 heterocycles. The molecule has 1 saturated heterocycles. The highest BCUT2D eigenvalue weighted by molar-refractivity contribution is 5.81. The van der Waals surface area contributed by atoms with Gasteiger partial charge >= 0.3 is 0 Å². The summed E-state index contributed by atoms with van der Waals surface area (Å²) in [6, 6.07) is 4.86. The normalized spacial score (nSPS) is 19.5. The van der Waals surface area contributed by atoms with Gasteiger partial charge in [0.2, 0.25) is 5.95 Å². The third-order valence-corrected chi connectivity index (χ3v) is 3.99. The fourth-order valence-electron chi connectivity index (χ4n) is 2.94. The smallest absolute Gasteiger partial charge is 0.271 e. The van der Waals surface area contributed by atoms with Gasteiger partial charge in [-0.1, -0.05) is 6.92 Å². The molecule has 0 bridgehead atoms. The summed E-state index contributed by atoms with van der Waals surface area (Å²) in [6.07, 6.45) is 2.43. The predicted molar refractivity (Wildman–Crippen MR) is 78.0 cm³/mol. The van der Waals surface area contributed by atoms with Gasteiger partial charge in [0.05, 0.1) is 16.0 Å². The Hall–Kier alpha value is -2.11. The lowest BCUT2D eigenvalue weighted by molar-refractivity contribution is -0.384. The van der Waals surface area contributed by atoms with Gasteiger partial charge in [0.1, 0.15) is 0 Å². The molecule has 1 aromatic carbocycles. The standard InChI is InChI=1S/C14H18N4O2/c1-10-4-3-7-17(9-10)14-15-12-8-11(18(19)20)5-6-13(12)16(14)2/h5-6,8,10H,3-4,7,9H2,1-2H3/t10-/m1/s1. The zero-order chi connectivity index (χ0) is 14.3. The third kappa shape index (κ3) is 2.11. The Morgan fingerprint density at radius 3 is 2.95 bits per heavy atom. The molecule has 1 aromatic heterocycles. The highest BCUT2D eigenvalue weighted by Crippen LogP contribution is 2.27. The number of aryl methyl sites for hydroxylation is 1. The monoisotopic (exact) mass is 274 g/mol. The average molecular weight is 274 g/mol. The number of imidazole rings is 1. The van der Waals surface area contributed by atoms with Crippen molar-refractivity contribution in [3.8, 4) is 0 Å². The van der Waals surface area contributed by atoms with Crippen molar-refractivity contribution in [2.75, 3.05) is 18.0 Å². The average Bonchev–Trinajstić information content (AvgIpc) is 2.75. The molecule has 106 valence electrons. The Morgan fingerprint density at radius 1 is 1.45 bits per heavy atom. The lowest BCUT2D eigenvalue weighted by Gasteiger charge is -2.31. The molecule has 0 saturated carbocycles. The van der Waals surface area contributed by atoms with Crippen LogP contribution in [-0.2, 0) is 7.05 Å². The SMILES string of the molecule is C[C@@H]1CCCN(c2nc3cc([N+](=O)[O-])ccc3n2C)C1. The van der Waals surface area contributed by atoms with Crippen LogP contribution in [0.4, 0.5) is 11.6 Å². The molecule has 6 nitrogen and oxygen atoms in total. The minimum absolute atomic E-state index is 0.0918. The quantitative estimate of drug-likeness (QED) is 0.624. The number of fused-ring (bicyclic) bond motifs is 1. The van der Waals surface area contributed by atoms with Crippen molar-refractivity contribution in [3.05, 3.63) is 28.3 Å². The second kappa shape index (κ2) is 4.77. The van der Waals surface area contributed by atoms with Crippen molar-refractivity contribution >= 4 is 22.7 Å². The summed E-state index contributed by atoms with van der Waals surface area (Å²) in [5.41, 5.74) is 1.72. The van der Waals surface area contributed by atoms with Gasteiger partial charge in [-0.05, 0) is 24.8 Å². The van der Waals surface area contributed by atoms with E-state index in [1.165, 1.54) is 18.9 Å². The van der Waals surface area contributed by atoms with E-state index >= 15 is 0 Å². The first kappa shape index (κ1) is 12.9. The van der Waals surface area contributed by atoms with Crippen LogP contribution in [0.5, 0.6) is 0 Å². The maximum absolute atomic E-state index is 10.8. The fraction of sp³-hybridized carbons (Fsp3) is 0.500. The van der Waals surface area contributed by atoms with Crippen LogP contribution in [0.3, 0.4) is 0 Å². The number of hydrogen-bond donors (Lipinski definition) is 0. The summed E-state index contributed by atoms with van der Waals surface area (Å²) in [5.74, 6) is 1.57. The van der Waals surface area contributed by atoms with E-state index in [0.29, 0.717) is 11.4 Å². The molecule has 1 atom stereocenters. The van der Waals surface area contributed by atoms with E-state index in [-0.39, 0.29) is 10.6 Å². The van der Waals surface area contributed by atoms with E-state index in [1.54, 1.807) is 12.1 Å². The number of anilines is 1. The maximum Gasteiger partial charge on any atom is 0.271 e. The van der Waals surface area contributed by atoms with Crippen LogP contribution in [0.25, 0.3) is 11.0 Å². The van der Waals surface area contributed by atoms with Crippen LogP contribution >= 0.6 is 0 Å². The molecular formula is C14H18N4O2. The van der Waals surface area contributed by atoms with Crippen molar-refractivity contribution < 1.29 is 4.92 Å². The van der Waals surface area contributed by atoms with Gasteiger partial charge in [-0.3, -0.25) is 10.1 Å². The second-order valence-corrected chi connectivity index (χ2v) is 5.59. The summed E-state index contributed by atoms with van der Waals surface area (Å²) in [6.45, 7) is 4.25. The first-order valence-corrected chi connectivity index (χ1v) is 6.92. The molecule has 0 amide bonds. The van der Waals surface area contributed by atoms with E-state index in [1.807, 2.05) is 11.6 Å². The minimum atomic E-state index is -0.378. The molecule has 6 heteroatoms. The second-order valence-electron chi connectivity index (χ2n) is 5.59. The van der Waals surface area contributed by atoms with Gasteiger partial charge in [0.25, 0.3) is 5.69 Å². The number of hydrogen-bond acceptors (Lipinski definition) is 4. The summed E-state index contributed by atoms with van der Waals surface area (Å²) in [5, 5.41) is 10.8. The summed E-state index contributed by atoms with van der Waals surface area (Å²) in [7, 11) is 1.97. The number of benzene rings is 1. The molecule has 3 rings (SSSR count). The first-order chi connectivity index (χ1) is 9.56.